The van der Waals surface area contributed by atoms with E-state index in [0.29, 0.717) is 0 Å². The summed E-state index contributed by atoms with van der Waals surface area (Å²) in [4.78, 5) is -0.0389. The fraction of sp³-hybridized carbons (Fsp3) is 0.333. The van der Waals surface area contributed by atoms with Gasteiger partial charge in [0.25, 0.3) is 0 Å². The van der Waals surface area contributed by atoms with Crippen LogP contribution in [0, 0.1) is 4.78 Å². The zero-order valence-electron chi connectivity index (χ0n) is 8.47. The molecule has 1 atom stereocenters. The van der Waals surface area contributed by atoms with Gasteiger partial charge in [-0.2, -0.15) is 13.2 Å². The second-order valence-corrected chi connectivity index (χ2v) is 4.92. The number of hydrogen-bond acceptors (Lipinski definition) is 2. The molecule has 0 saturated carbocycles. The lowest BCUT2D eigenvalue weighted by Crippen LogP contribution is -2.14. The Hall–Kier alpha value is -1.08. The average Bonchev–Trinajstić information content (AvgIpc) is 2.14. The molecule has 0 fully saturated rings. The highest BCUT2D eigenvalue weighted by molar-refractivity contribution is 7.90. The van der Waals surface area contributed by atoms with E-state index in [0.717, 1.165) is 18.2 Å². The molecule has 0 amide bonds. The van der Waals surface area contributed by atoms with Gasteiger partial charge < -0.3 is 0 Å². The first kappa shape index (κ1) is 13.0. The third kappa shape index (κ3) is 2.73. The lowest BCUT2D eigenvalue weighted by Gasteiger charge is -2.12. The van der Waals surface area contributed by atoms with Gasteiger partial charge in [-0.3, -0.25) is 0 Å². The Labute approximate surface area is 91.6 Å². The molecule has 1 rings (SSSR count). The number of halogens is 3. The molecule has 0 aliphatic heterocycles. The van der Waals surface area contributed by atoms with Crippen molar-refractivity contribution in [3.8, 4) is 0 Å². The van der Waals surface area contributed by atoms with Gasteiger partial charge >= 0.3 is 6.18 Å². The molecule has 90 valence electrons. The van der Waals surface area contributed by atoms with Crippen LogP contribution < -0.4 is 5.14 Å². The molecule has 1 aromatic rings. The summed E-state index contributed by atoms with van der Waals surface area (Å²) in [5.74, 6) is 0. The van der Waals surface area contributed by atoms with Crippen molar-refractivity contribution in [3.63, 3.8) is 0 Å². The van der Waals surface area contributed by atoms with E-state index < -0.39 is 21.7 Å². The monoisotopic (exact) mass is 252 g/mol. The second kappa shape index (κ2) is 4.06. The predicted octanol–water partition coefficient (Wildman–Crippen LogP) is 2.55. The summed E-state index contributed by atoms with van der Waals surface area (Å²) in [6.07, 6.45) is -4.20. The Morgan fingerprint density at radius 1 is 1.44 bits per heavy atom. The highest BCUT2D eigenvalue weighted by Gasteiger charge is 2.31. The Kier molecular flexibility index (Phi) is 3.30. The van der Waals surface area contributed by atoms with Gasteiger partial charge in [0.2, 0.25) is 0 Å². The summed E-state index contributed by atoms with van der Waals surface area (Å²) in [5, 5.41) is 5.11. The van der Waals surface area contributed by atoms with Crippen LogP contribution in [0.1, 0.15) is 18.1 Å². The zero-order valence-corrected chi connectivity index (χ0v) is 9.28. The Bertz CT molecular complexity index is 494. The van der Waals surface area contributed by atoms with Gasteiger partial charge in [0.1, 0.15) is 9.92 Å². The lowest BCUT2D eigenvalue weighted by molar-refractivity contribution is -0.137. The highest BCUT2D eigenvalue weighted by Crippen LogP contribution is 2.31. The van der Waals surface area contributed by atoms with E-state index in [4.69, 9.17) is 9.92 Å². The molecule has 1 aromatic carbocycles. The molecule has 0 bridgehead atoms. The molecule has 0 saturated heterocycles. The first-order valence-corrected chi connectivity index (χ1v) is 6.05. The fourth-order valence-corrected chi connectivity index (χ4v) is 2.19. The maximum absolute atomic E-state index is 12.4. The topological polar surface area (TPSA) is 66.9 Å². The first-order chi connectivity index (χ1) is 7.16. The van der Waals surface area contributed by atoms with Crippen LogP contribution in [-0.2, 0) is 22.5 Å². The van der Waals surface area contributed by atoms with Gasteiger partial charge in [-0.05, 0) is 30.2 Å². The molecule has 0 aromatic heterocycles. The van der Waals surface area contributed by atoms with Crippen LogP contribution in [0.3, 0.4) is 0 Å². The molecular formula is C9H11F3N2OS. The SMILES string of the molecule is CCc1cc(C(F)(F)F)ccc1S(=N)(N)=O. The normalized spacial score (nSPS) is 15.8. The lowest BCUT2D eigenvalue weighted by atomic mass is 10.1. The van der Waals surface area contributed by atoms with E-state index in [-0.39, 0.29) is 16.9 Å². The van der Waals surface area contributed by atoms with E-state index in [9.17, 15) is 17.4 Å². The van der Waals surface area contributed by atoms with E-state index in [1.807, 2.05) is 0 Å². The van der Waals surface area contributed by atoms with Crippen LogP contribution in [0.4, 0.5) is 13.2 Å². The van der Waals surface area contributed by atoms with E-state index in [1.54, 1.807) is 6.92 Å². The number of benzene rings is 1. The third-order valence-corrected chi connectivity index (χ3v) is 3.15. The van der Waals surface area contributed by atoms with Gasteiger partial charge in [-0.1, -0.05) is 6.92 Å². The van der Waals surface area contributed by atoms with Crippen molar-refractivity contribution in [2.45, 2.75) is 24.4 Å². The maximum Gasteiger partial charge on any atom is 0.416 e. The van der Waals surface area contributed by atoms with Crippen molar-refractivity contribution in [1.82, 2.24) is 0 Å². The van der Waals surface area contributed by atoms with Gasteiger partial charge in [0.15, 0.2) is 0 Å². The number of hydrogen-bond donors (Lipinski definition) is 2. The van der Waals surface area contributed by atoms with E-state index in [1.165, 1.54) is 0 Å². The molecule has 16 heavy (non-hydrogen) atoms. The maximum atomic E-state index is 12.4. The Morgan fingerprint density at radius 3 is 2.38 bits per heavy atom. The number of nitrogens with one attached hydrogen (secondary N) is 1. The molecule has 7 heteroatoms. The van der Waals surface area contributed by atoms with Crippen molar-refractivity contribution in [1.29, 1.82) is 4.78 Å². The van der Waals surface area contributed by atoms with E-state index >= 15 is 0 Å². The summed E-state index contributed by atoms with van der Waals surface area (Å²) >= 11 is 0. The first-order valence-electron chi connectivity index (χ1n) is 4.43. The van der Waals surface area contributed by atoms with Crippen LogP contribution in [0.25, 0.3) is 0 Å². The standard InChI is InChI=1S/C9H11F3N2OS/c1-2-6-5-7(9(10,11)12)3-4-8(6)16(13,14)15/h3-5H,2H2,1H3,(H3,13,14,15). The average molecular weight is 252 g/mol. The minimum absolute atomic E-state index is 0.0389. The minimum atomic E-state index is -4.44. The quantitative estimate of drug-likeness (QED) is 0.834. The predicted molar refractivity (Wildman–Crippen MR) is 54.1 cm³/mol. The van der Waals surface area contributed by atoms with Crippen molar-refractivity contribution < 1.29 is 17.4 Å². The van der Waals surface area contributed by atoms with Crippen LogP contribution in [0.15, 0.2) is 23.1 Å². The van der Waals surface area contributed by atoms with Gasteiger partial charge in [-0.25, -0.2) is 14.1 Å². The Balaban J connectivity index is 3.40. The summed E-state index contributed by atoms with van der Waals surface area (Å²) in [5.41, 5.74) is -0.630. The zero-order chi connectivity index (χ0) is 12.6. The van der Waals surface area contributed by atoms with Gasteiger partial charge in [-0.15, -0.1) is 0 Å². The number of nitrogens with two attached hydrogens (primary N) is 1. The number of aryl methyl sites for hydroxylation is 1. The van der Waals surface area contributed by atoms with Crippen molar-refractivity contribution in [2.75, 3.05) is 0 Å². The van der Waals surface area contributed by atoms with Gasteiger partial charge in [0.05, 0.1) is 10.5 Å². The highest BCUT2D eigenvalue weighted by atomic mass is 32.2. The fourth-order valence-electron chi connectivity index (χ4n) is 1.33. The second-order valence-electron chi connectivity index (χ2n) is 3.27. The van der Waals surface area contributed by atoms with Crippen LogP contribution >= 0.6 is 0 Å². The molecular weight excluding hydrogens is 241 g/mol. The number of rotatable bonds is 2. The van der Waals surface area contributed by atoms with E-state index in [2.05, 4.69) is 0 Å². The van der Waals surface area contributed by atoms with Crippen molar-refractivity contribution in [2.24, 2.45) is 5.14 Å². The molecule has 3 nitrogen and oxygen atoms in total. The molecule has 0 heterocycles. The Morgan fingerprint density at radius 2 is 2.00 bits per heavy atom. The summed E-state index contributed by atoms with van der Waals surface area (Å²) < 4.78 is 55.6. The molecule has 1 unspecified atom stereocenters. The van der Waals surface area contributed by atoms with Crippen LogP contribution in [0.5, 0.6) is 0 Å². The minimum Gasteiger partial charge on any atom is -0.241 e. The van der Waals surface area contributed by atoms with Crippen LogP contribution in [-0.4, -0.2) is 4.21 Å². The van der Waals surface area contributed by atoms with Crippen LogP contribution in [0.2, 0.25) is 0 Å². The third-order valence-electron chi connectivity index (χ3n) is 2.10. The molecule has 0 aliphatic carbocycles. The smallest absolute Gasteiger partial charge is 0.241 e. The van der Waals surface area contributed by atoms with Crippen molar-refractivity contribution in [3.05, 3.63) is 29.3 Å². The van der Waals surface area contributed by atoms with Crippen molar-refractivity contribution >= 4 is 9.92 Å². The summed E-state index contributed by atoms with van der Waals surface area (Å²) in [6, 6.07) is 2.68. The largest absolute Gasteiger partial charge is 0.416 e. The molecule has 0 aliphatic rings. The molecule has 3 N–H and O–H groups in total. The summed E-state index contributed by atoms with van der Waals surface area (Å²) in [7, 11) is -3.48. The molecule has 0 spiro atoms. The van der Waals surface area contributed by atoms with Gasteiger partial charge in [0, 0.05) is 0 Å². The summed E-state index contributed by atoms with van der Waals surface area (Å²) in [6.45, 7) is 1.62. The molecule has 0 radical (unpaired) electrons. The number of alkyl halides is 3.